The molecule has 1 N–H and O–H groups in total. The molecule has 2 aliphatic rings. The van der Waals surface area contributed by atoms with Crippen LogP contribution in [0.5, 0.6) is 5.75 Å². The Hall–Kier alpha value is -1.75. The molecule has 122 valence electrons. The number of ether oxygens (including phenoxy) is 1. The first-order valence-electron chi connectivity index (χ1n) is 8.15. The van der Waals surface area contributed by atoms with Gasteiger partial charge in [0.05, 0.1) is 17.1 Å². The predicted molar refractivity (Wildman–Crippen MR) is 95.6 cm³/mol. The van der Waals surface area contributed by atoms with E-state index in [2.05, 4.69) is 10.3 Å². The van der Waals surface area contributed by atoms with E-state index in [9.17, 15) is 4.79 Å². The summed E-state index contributed by atoms with van der Waals surface area (Å²) in [6, 6.07) is 8.16. The maximum atomic E-state index is 12.1. The van der Waals surface area contributed by atoms with Crippen molar-refractivity contribution in [1.29, 1.82) is 0 Å². The van der Waals surface area contributed by atoms with Gasteiger partial charge in [-0.1, -0.05) is 25.0 Å². The van der Waals surface area contributed by atoms with Crippen LogP contribution in [0, 0.1) is 0 Å². The molecule has 1 saturated heterocycles. The smallest absolute Gasteiger partial charge is 0.264 e. The number of hydrogen-bond donors (Lipinski definition) is 1. The first-order valence-corrected chi connectivity index (χ1v) is 8.97. The zero-order chi connectivity index (χ0) is 16.2. The first-order chi connectivity index (χ1) is 11.1. The quantitative estimate of drug-likeness (QED) is 0.850. The lowest BCUT2D eigenvalue weighted by Gasteiger charge is -2.09. The second-order valence-corrected chi connectivity index (χ2v) is 7.20. The van der Waals surface area contributed by atoms with Crippen molar-refractivity contribution < 1.29 is 9.53 Å². The number of carbonyl (C=O) groups is 1. The van der Waals surface area contributed by atoms with Gasteiger partial charge in [0, 0.05) is 0 Å². The van der Waals surface area contributed by atoms with E-state index < -0.39 is 0 Å². The van der Waals surface area contributed by atoms with Gasteiger partial charge in [-0.15, -0.1) is 0 Å². The van der Waals surface area contributed by atoms with Crippen LogP contribution in [0.15, 0.2) is 34.2 Å². The number of aliphatic imine (C=N–C) groups is 1. The molecule has 1 amide bonds. The summed E-state index contributed by atoms with van der Waals surface area (Å²) in [4.78, 5) is 17.4. The number of amides is 1. The van der Waals surface area contributed by atoms with Crippen LogP contribution in [0.1, 0.15) is 45.1 Å². The van der Waals surface area contributed by atoms with Gasteiger partial charge in [-0.3, -0.25) is 9.79 Å². The monoisotopic (exact) mass is 330 g/mol. The van der Waals surface area contributed by atoms with Crippen LogP contribution in [0.2, 0.25) is 0 Å². The molecule has 23 heavy (non-hydrogen) atoms. The molecule has 1 aromatic carbocycles. The number of rotatable bonds is 4. The Morgan fingerprint density at radius 1 is 1.26 bits per heavy atom. The highest BCUT2D eigenvalue weighted by molar-refractivity contribution is 8.18. The predicted octanol–water partition coefficient (Wildman–Crippen LogP) is 3.98. The zero-order valence-corrected chi connectivity index (χ0v) is 14.4. The molecule has 0 radical (unpaired) electrons. The van der Waals surface area contributed by atoms with Crippen LogP contribution in [-0.4, -0.2) is 23.2 Å². The standard InChI is InChI=1S/C18H22N2O2S/c1-12(2)22-15-9-7-13(8-10-15)11-16-17(21)20-18(23-16)19-14-5-3-4-6-14/h7-12,14H,3-6H2,1-2H3,(H,19,20,21). The topological polar surface area (TPSA) is 50.7 Å². The number of hydrogen-bond acceptors (Lipinski definition) is 4. The molecule has 1 saturated carbocycles. The van der Waals surface area contributed by atoms with E-state index in [4.69, 9.17) is 4.74 Å². The van der Waals surface area contributed by atoms with E-state index in [-0.39, 0.29) is 12.0 Å². The highest BCUT2D eigenvalue weighted by Gasteiger charge is 2.25. The van der Waals surface area contributed by atoms with E-state index >= 15 is 0 Å². The summed E-state index contributed by atoms with van der Waals surface area (Å²) in [5, 5.41) is 3.61. The van der Waals surface area contributed by atoms with Crippen molar-refractivity contribution in [3.63, 3.8) is 0 Å². The van der Waals surface area contributed by atoms with Gasteiger partial charge in [0.25, 0.3) is 5.91 Å². The lowest BCUT2D eigenvalue weighted by molar-refractivity contribution is -0.115. The minimum atomic E-state index is -0.0609. The number of amidine groups is 1. The molecule has 1 aromatic rings. The SMILES string of the molecule is CC(C)Oc1ccc(C=C2SC(=NC3CCCC3)NC2=O)cc1. The van der Waals surface area contributed by atoms with Gasteiger partial charge in [0.15, 0.2) is 5.17 Å². The minimum Gasteiger partial charge on any atom is -0.491 e. The second kappa shape index (κ2) is 7.21. The van der Waals surface area contributed by atoms with Gasteiger partial charge in [-0.05, 0) is 62.2 Å². The lowest BCUT2D eigenvalue weighted by Crippen LogP contribution is -2.21. The average Bonchev–Trinajstić information content (AvgIpc) is 3.12. The first kappa shape index (κ1) is 16.1. The Bertz CT molecular complexity index is 629. The van der Waals surface area contributed by atoms with Crippen molar-refractivity contribution in [3.8, 4) is 5.75 Å². The van der Waals surface area contributed by atoms with Crippen molar-refractivity contribution in [2.24, 2.45) is 4.99 Å². The van der Waals surface area contributed by atoms with Crippen molar-refractivity contribution >= 4 is 28.9 Å². The molecule has 0 bridgehead atoms. The zero-order valence-electron chi connectivity index (χ0n) is 13.5. The maximum absolute atomic E-state index is 12.1. The number of nitrogens with zero attached hydrogens (tertiary/aromatic N) is 1. The van der Waals surface area contributed by atoms with E-state index in [1.807, 2.05) is 44.2 Å². The van der Waals surface area contributed by atoms with Gasteiger partial charge < -0.3 is 10.1 Å². The van der Waals surface area contributed by atoms with Crippen LogP contribution in [0.4, 0.5) is 0 Å². The molecule has 0 unspecified atom stereocenters. The van der Waals surface area contributed by atoms with Gasteiger partial charge in [-0.2, -0.15) is 0 Å². The second-order valence-electron chi connectivity index (χ2n) is 6.17. The molecule has 1 heterocycles. The fourth-order valence-electron chi connectivity index (χ4n) is 2.75. The Labute approximate surface area is 141 Å². The Morgan fingerprint density at radius 3 is 2.61 bits per heavy atom. The Kier molecular flexibility index (Phi) is 5.06. The third kappa shape index (κ3) is 4.38. The van der Waals surface area contributed by atoms with Crippen LogP contribution >= 0.6 is 11.8 Å². The van der Waals surface area contributed by atoms with E-state index in [1.165, 1.54) is 24.6 Å². The van der Waals surface area contributed by atoms with Crippen LogP contribution in [0.3, 0.4) is 0 Å². The largest absolute Gasteiger partial charge is 0.491 e. The van der Waals surface area contributed by atoms with Gasteiger partial charge in [0.1, 0.15) is 5.75 Å². The molecule has 5 heteroatoms. The molecule has 0 spiro atoms. The molecular formula is C18H22N2O2S. The van der Waals surface area contributed by atoms with Gasteiger partial charge in [-0.25, -0.2) is 0 Å². The third-order valence-electron chi connectivity index (χ3n) is 3.83. The summed E-state index contributed by atoms with van der Waals surface area (Å²) in [7, 11) is 0. The summed E-state index contributed by atoms with van der Waals surface area (Å²) < 4.78 is 5.63. The van der Waals surface area contributed by atoms with E-state index in [0.29, 0.717) is 10.9 Å². The van der Waals surface area contributed by atoms with Gasteiger partial charge in [0.2, 0.25) is 0 Å². The molecule has 3 rings (SSSR count). The molecule has 0 atom stereocenters. The lowest BCUT2D eigenvalue weighted by atomic mass is 10.2. The third-order valence-corrected chi connectivity index (χ3v) is 4.75. The number of nitrogens with one attached hydrogen (secondary N) is 1. The highest BCUT2D eigenvalue weighted by atomic mass is 32.2. The molecule has 4 nitrogen and oxygen atoms in total. The molecule has 0 aromatic heterocycles. The molecular weight excluding hydrogens is 308 g/mol. The van der Waals surface area contributed by atoms with Crippen LogP contribution < -0.4 is 10.1 Å². The summed E-state index contributed by atoms with van der Waals surface area (Å²) in [6.45, 7) is 4.00. The summed E-state index contributed by atoms with van der Waals surface area (Å²) in [5.41, 5.74) is 0.987. The van der Waals surface area contributed by atoms with Gasteiger partial charge >= 0.3 is 0 Å². The minimum absolute atomic E-state index is 0.0609. The Balaban J connectivity index is 1.68. The number of thioether (sulfide) groups is 1. The molecule has 1 aliphatic heterocycles. The number of benzene rings is 1. The molecule has 2 fully saturated rings. The summed E-state index contributed by atoms with van der Waals surface area (Å²) in [5.74, 6) is 0.781. The normalized spacial score (nSPS) is 22.3. The van der Waals surface area contributed by atoms with E-state index in [0.717, 1.165) is 29.3 Å². The molecule has 1 aliphatic carbocycles. The fourth-order valence-corrected chi connectivity index (χ4v) is 3.65. The van der Waals surface area contributed by atoms with Crippen molar-refractivity contribution in [1.82, 2.24) is 5.32 Å². The van der Waals surface area contributed by atoms with Crippen molar-refractivity contribution in [2.45, 2.75) is 51.7 Å². The Morgan fingerprint density at radius 2 is 1.96 bits per heavy atom. The number of carbonyl (C=O) groups excluding carboxylic acids is 1. The summed E-state index contributed by atoms with van der Waals surface area (Å²) in [6.07, 6.45) is 6.81. The maximum Gasteiger partial charge on any atom is 0.264 e. The van der Waals surface area contributed by atoms with Crippen LogP contribution in [-0.2, 0) is 4.79 Å². The average molecular weight is 330 g/mol. The summed E-state index contributed by atoms with van der Waals surface area (Å²) >= 11 is 1.43. The van der Waals surface area contributed by atoms with Crippen molar-refractivity contribution in [2.75, 3.05) is 0 Å². The highest BCUT2D eigenvalue weighted by Crippen LogP contribution is 2.29. The van der Waals surface area contributed by atoms with Crippen molar-refractivity contribution in [3.05, 3.63) is 34.7 Å². The fraction of sp³-hybridized carbons (Fsp3) is 0.444. The van der Waals surface area contributed by atoms with Crippen LogP contribution in [0.25, 0.3) is 6.08 Å². The van der Waals surface area contributed by atoms with E-state index in [1.54, 1.807) is 0 Å².